The lowest BCUT2D eigenvalue weighted by Crippen LogP contribution is -2.35. The highest BCUT2D eigenvalue weighted by Crippen LogP contribution is 2.32. The summed E-state index contributed by atoms with van der Waals surface area (Å²) >= 11 is 6.66. The molecule has 1 atom stereocenters. The second-order valence-electron chi connectivity index (χ2n) is 10.5. The maximum Gasteiger partial charge on any atom is 0.253 e. The SMILES string of the molecule is Cc1ccc(C)c2[nH]c(=O)c([C@@H](c3nnnn3CCc3ccccc3)N(Cc3ccco3)Cc3ccccc3Cl)cc12. The lowest BCUT2D eigenvalue weighted by molar-refractivity contribution is 0.179. The molecule has 0 aliphatic rings. The van der Waals surface area contributed by atoms with Gasteiger partial charge in [0.2, 0.25) is 0 Å². The van der Waals surface area contributed by atoms with Crippen LogP contribution in [-0.2, 0) is 26.1 Å². The van der Waals surface area contributed by atoms with Crippen LogP contribution in [0.15, 0.2) is 100 Å². The molecule has 0 radical (unpaired) electrons. The summed E-state index contributed by atoms with van der Waals surface area (Å²) in [6.07, 6.45) is 2.39. The van der Waals surface area contributed by atoms with E-state index < -0.39 is 6.04 Å². The van der Waals surface area contributed by atoms with Crippen molar-refractivity contribution in [1.29, 1.82) is 0 Å². The van der Waals surface area contributed by atoms with E-state index in [2.05, 4.69) is 43.6 Å². The Bertz CT molecular complexity index is 1860. The first-order chi connectivity index (χ1) is 20.5. The summed E-state index contributed by atoms with van der Waals surface area (Å²) in [7, 11) is 0. The number of halogens is 1. The van der Waals surface area contributed by atoms with Crippen LogP contribution in [0.3, 0.4) is 0 Å². The van der Waals surface area contributed by atoms with Crippen LogP contribution in [-0.4, -0.2) is 30.1 Å². The van der Waals surface area contributed by atoms with Crippen LogP contribution in [0, 0.1) is 13.8 Å². The van der Waals surface area contributed by atoms with E-state index in [1.807, 2.05) is 80.6 Å². The maximum atomic E-state index is 13.9. The molecule has 6 aromatic rings. The van der Waals surface area contributed by atoms with Crippen LogP contribution in [0.5, 0.6) is 0 Å². The van der Waals surface area contributed by atoms with E-state index in [9.17, 15) is 4.79 Å². The summed E-state index contributed by atoms with van der Waals surface area (Å²) < 4.78 is 7.58. The van der Waals surface area contributed by atoms with Crippen LogP contribution in [0.2, 0.25) is 5.02 Å². The highest BCUT2D eigenvalue weighted by Gasteiger charge is 2.32. The minimum absolute atomic E-state index is 0.192. The van der Waals surface area contributed by atoms with Gasteiger partial charge in [-0.1, -0.05) is 72.3 Å². The van der Waals surface area contributed by atoms with Gasteiger partial charge >= 0.3 is 0 Å². The number of aromatic amines is 1. The van der Waals surface area contributed by atoms with E-state index in [1.165, 1.54) is 5.56 Å². The van der Waals surface area contributed by atoms with Crippen molar-refractivity contribution >= 4 is 22.5 Å². The van der Waals surface area contributed by atoms with Crippen molar-refractivity contribution in [2.45, 2.75) is 45.9 Å². The highest BCUT2D eigenvalue weighted by atomic mass is 35.5. The first-order valence-electron chi connectivity index (χ1n) is 13.9. The topological polar surface area (TPSA) is 92.8 Å². The Labute approximate surface area is 248 Å². The molecule has 8 nitrogen and oxygen atoms in total. The van der Waals surface area contributed by atoms with E-state index in [1.54, 1.807) is 10.9 Å². The Hall–Kier alpha value is -4.53. The first kappa shape index (κ1) is 27.6. The molecule has 3 aromatic heterocycles. The molecular weight excluding hydrogens is 548 g/mol. The maximum absolute atomic E-state index is 13.9. The van der Waals surface area contributed by atoms with Crippen molar-refractivity contribution < 1.29 is 4.42 Å². The molecule has 3 heterocycles. The summed E-state index contributed by atoms with van der Waals surface area (Å²) in [5.41, 5.74) is 5.35. The molecule has 0 saturated carbocycles. The lowest BCUT2D eigenvalue weighted by atomic mass is 9.99. The van der Waals surface area contributed by atoms with Gasteiger partial charge in [0, 0.05) is 29.1 Å². The largest absolute Gasteiger partial charge is 0.468 e. The fraction of sp³-hybridized carbons (Fsp3) is 0.212. The second-order valence-corrected chi connectivity index (χ2v) is 10.9. The third kappa shape index (κ3) is 5.77. The molecule has 0 unspecified atom stereocenters. The molecule has 0 aliphatic heterocycles. The summed E-state index contributed by atoms with van der Waals surface area (Å²) in [5, 5.41) is 14.6. The molecule has 9 heteroatoms. The number of nitrogens with zero attached hydrogens (tertiary/aromatic N) is 5. The number of H-pyrrole nitrogens is 1. The fourth-order valence-electron chi connectivity index (χ4n) is 5.43. The Balaban J connectivity index is 1.52. The zero-order valence-corrected chi connectivity index (χ0v) is 24.3. The van der Waals surface area contributed by atoms with Crippen LogP contribution < -0.4 is 5.56 Å². The molecule has 0 aliphatic carbocycles. The Morgan fingerprint density at radius 2 is 1.74 bits per heavy atom. The third-order valence-corrected chi connectivity index (χ3v) is 8.03. The number of nitrogens with one attached hydrogen (secondary N) is 1. The zero-order chi connectivity index (χ0) is 29.1. The van der Waals surface area contributed by atoms with Crippen molar-refractivity contribution in [2.24, 2.45) is 0 Å². The predicted molar refractivity (Wildman–Crippen MR) is 163 cm³/mol. The first-order valence-corrected chi connectivity index (χ1v) is 14.3. The number of furan rings is 1. The molecule has 3 aromatic carbocycles. The highest BCUT2D eigenvalue weighted by molar-refractivity contribution is 6.31. The molecule has 0 fully saturated rings. The molecule has 42 heavy (non-hydrogen) atoms. The lowest BCUT2D eigenvalue weighted by Gasteiger charge is -2.31. The van der Waals surface area contributed by atoms with Crippen molar-refractivity contribution in [3.05, 3.63) is 146 Å². The molecule has 0 saturated heterocycles. The number of pyridine rings is 1. The number of hydrogen-bond donors (Lipinski definition) is 1. The molecule has 212 valence electrons. The van der Waals surface area contributed by atoms with Crippen molar-refractivity contribution in [1.82, 2.24) is 30.1 Å². The number of hydrogen-bond acceptors (Lipinski definition) is 6. The van der Waals surface area contributed by atoms with Gasteiger partial charge in [0.05, 0.1) is 18.3 Å². The van der Waals surface area contributed by atoms with Crippen molar-refractivity contribution in [2.75, 3.05) is 0 Å². The van der Waals surface area contributed by atoms with Gasteiger partial charge in [0.1, 0.15) is 11.8 Å². The summed E-state index contributed by atoms with van der Waals surface area (Å²) in [4.78, 5) is 19.3. The number of benzene rings is 3. The fourth-order valence-corrected chi connectivity index (χ4v) is 5.62. The van der Waals surface area contributed by atoms with Gasteiger partial charge in [-0.05, 0) is 77.2 Å². The Morgan fingerprint density at radius 1 is 0.952 bits per heavy atom. The quantitative estimate of drug-likeness (QED) is 0.202. The van der Waals surface area contributed by atoms with Crippen LogP contribution in [0.1, 0.15) is 45.4 Å². The van der Waals surface area contributed by atoms with Crippen molar-refractivity contribution in [3.8, 4) is 0 Å². The average molecular weight is 579 g/mol. The summed E-state index contributed by atoms with van der Waals surface area (Å²) in [6.45, 7) is 5.43. The minimum Gasteiger partial charge on any atom is -0.468 e. The van der Waals surface area contributed by atoms with Gasteiger partial charge in [0.15, 0.2) is 5.82 Å². The van der Waals surface area contributed by atoms with Crippen molar-refractivity contribution in [3.63, 3.8) is 0 Å². The Morgan fingerprint density at radius 3 is 2.52 bits per heavy atom. The molecule has 0 amide bonds. The van der Waals surface area contributed by atoms with E-state index in [0.717, 1.165) is 39.8 Å². The molecule has 1 N–H and O–H groups in total. The van der Waals surface area contributed by atoms with E-state index in [0.29, 0.717) is 36.0 Å². The number of aryl methyl sites for hydroxylation is 4. The summed E-state index contributed by atoms with van der Waals surface area (Å²) in [5.74, 6) is 1.32. The number of fused-ring (bicyclic) bond motifs is 1. The van der Waals surface area contributed by atoms with Crippen LogP contribution >= 0.6 is 11.6 Å². The molecule has 0 spiro atoms. The number of aromatic nitrogens is 5. The normalized spacial score (nSPS) is 12.3. The average Bonchev–Trinajstić information content (AvgIpc) is 3.69. The van der Waals surface area contributed by atoms with Crippen LogP contribution in [0.4, 0.5) is 0 Å². The standard InChI is InChI=1S/C33H31ClN6O2/c1-22-14-15-23(2)30-27(22)19-28(33(41)35-30)31(32-36-37-38-40(32)17-16-24-9-4-3-5-10-24)39(21-26-12-8-18-42-26)20-25-11-6-7-13-29(25)34/h3-15,18-19,31H,16-17,20-21H2,1-2H3,(H,35,41)/t31-/m0/s1. The number of tetrazole rings is 1. The van der Waals surface area contributed by atoms with E-state index in [-0.39, 0.29) is 5.56 Å². The molecule has 6 rings (SSSR count). The monoisotopic (exact) mass is 578 g/mol. The van der Waals surface area contributed by atoms with E-state index >= 15 is 0 Å². The van der Waals surface area contributed by atoms with Gasteiger partial charge in [-0.15, -0.1) is 5.10 Å². The zero-order valence-electron chi connectivity index (χ0n) is 23.5. The number of rotatable bonds is 10. The van der Waals surface area contributed by atoms with Crippen LogP contribution in [0.25, 0.3) is 10.9 Å². The third-order valence-electron chi connectivity index (χ3n) is 7.66. The minimum atomic E-state index is -0.606. The Kier molecular flexibility index (Phi) is 7.99. The van der Waals surface area contributed by atoms with E-state index in [4.69, 9.17) is 16.0 Å². The second kappa shape index (κ2) is 12.1. The van der Waals surface area contributed by atoms with Gasteiger partial charge in [-0.3, -0.25) is 9.69 Å². The predicted octanol–water partition coefficient (Wildman–Crippen LogP) is 6.41. The van der Waals surface area contributed by atoms with Gasteiger partial charge in [-0.2, -0.15) is 0 Å². The smallest absolute Gasteiger partial charge is 0.253 e. The molecular formula is C33H31ClN6O2. The molecule has 0 bridgehead atoms. The summed E-state index contributed by atoms with van der Waals surface area (Å²) in [6, 6.07) is 27.2. The van der Waals surface area contributed by atoms with Gasteiger partial charge in [0.25, 0.3) is 5.56 Å². The van der Waals surface area contributed by atoms with Gasteiger partial charge < -0.3 is 9.40 Å². The van der Waals surface area contributed by atoms with Gasteiger partial charge in [-0.25, -0.2) is 4.68 Å².